The monoisotopic (exact) mass is 424 g/mol. The zero-order chi connectivity index (χ0) is 19.6. The molecule has 0 radical (unpaired) electrons. The number of pyridine rings is 1. The summed E-state index contributed by atoms with van der Waals surface area (Å²) in [6, 6.07) is 10.2. The van der Waals surface area contributed by atoms with Crippen LogP contribution in [0.5, 0.6) is 11.5 Å². The van der Waals surface area contributed by atoms with Gasteiger partial charge in [-0.2, -0.15) is 0 Å². The van der Waals surface area contributed by atoms with Gasteiger partial charge in [0, 0.05) is 16.1 Å². The van der Waals surface area contributed by atoms with Crippen LogP contribution >= 0.6 is 34.8 Å². The summed E-state index contributed by atoms with van der Waals surface area (Å²) in [5.74, 6) is 0.385. The Labute approximate surface area is 171 Å². The number of fused-ring (bicyclic) bond motifs is 1. The largest absolute Gasteiger partial charge is 0.495 e. The lowest BCUT2D eigenvalue weighted by atomic mass is 10.2. The third-order valence-electron chi connectivity index (χ3n) is 3.76. The molecule has 0 bridgehead atoms. The van der Waals surface area contributed by atoms with Gasteiger partial charge in [0.1, 0.15) is 11.3 Å². The van der Waals surface area contributed by atoms with E-state index in [0.717, 1.165) is 5.69 Å². The van der Waals surface area contributed by atoms with Crippen molar-refractivity contribution < 1.29 is 14.3 Å². The third kappa shape index (κ3) is 4.38. The molecule has 3 aromatic rings. The lowest BCUT2D eigenvalue weighted by Crippen LogP contribution is -2.20. The molecule has 0 fully saturated rings. The summed E-state index contributed by atoms with van der Waals surface area (Å²) < 4.78 is 10.9. The molecule has 0 atom stereocenters. The van der Waals surface area contributed by atoms with Gasteiger partial charge in [0.2, 0.25) is 0 Å². The number of amides is 1. The highest BCUT2D eigenvalue weighted by Crippen LogP contribution is 2.37. The van der Waals surface area contributed by atoms with Gasteiger partial charge in [-0.05, 0) is 43.3 Å². The predicted octanol–water partition coefficient (Wildman–Crippen LogP) is 5.53. The smallest absolute Gasteiger partial charge is 0.262 e. The number of hydrogen-bond donors (Lipinski definition) is 1. The number of nitrogens with one attached hydrogen (secondary N) is 1. The molecule has 1 aromatic heterocycles. The number of halogens is 3. The first-order chi connectivity index (χ1) is 12.9. The molecule has 1 heterocycles. The number of methoxy groups -OCH3 is 1. The lowest BCUT2D eigenvalue weighted by Gasteiger charge is -2.13. The van der Waals surface area contributed by atoms with E-state index in [4.69, 9.17) is 44.3 Å². The molecule has 0 aliphatic rings. The van der Waals surface area contributed by atoms with Gasteiger partial charge in [-0.15, -0.1) is 0 Å². The van der Waals surface area contributed by atoms with E-state index in [2.05, 4.69) is 10.3 Å². The Bertz CT molecular complexity index is 1020. The molecule has 0 aliphatic carbocycles. The van der Waals surface area contributed by atoms with Crippen LogP contribution in [0.3, 0.4) is 0 Å². The Morgan fingerprint density at radius 3 is 2.63 bits per heavy atom. The molecule has 27 heavy (non-hydrogen) atoms. The van der Waals surface area contributed by atoms with Crippen LogP contribution in [-0.2, 0) is 4.79 Å². The number of nitrogens with zero attached hydrogens (tertiary/aromatic N) is 1. The fourth-order valence-electron chi connectivity index (χ4n) is 2.53. The molecule has 140 valence electrons. The van der Waals surface area contributed by atoms with Crippen molar-refractivity contribution in [3.8, 4) is 11.5 Å². The van der Waals surface area contributed by atoms with E-state index in [1.807, 2.05) is 19.1 Å². The Kier molecular flexibility index (Phi) is 5.95. The van der Waals surface area contributed by atoms with E-state index in [-0.39, 0.29) is 11.6 Å². The maximum Gasteiger partial charge on any atom is 0.262 e. The highest BCUT2D eigenvalue weighted by Gasteiger charge is 2.15. The molecule has 0 aliphatic heterocycles. The quantitative estimate of drug-likeness (QED) is 0.584. The number of hydrogen-bond acceptors (Lipinski definition) is 4. The standard InChI is InChI=1S/C19H15Cl3N2O3/c1-10-3-5-12-13(21)8-14(22)19(18(12)23-10)27-9-17(25)24-15-7-11(20)4-6-16(15)26-2/h3-8H,9H2,1-2H3,(H,24,25). The Hall–Kier alpha value is -2.21. The van der Waals surface area contributed by atoms with Crippen LogP contribution in [0.25, 0.3) is 10.9 Å². The number of anilines is 1. The maximum atomic E-state index is 12.3. The average molecular weight is 426 g/mol. The first kappa shape index (κ1) is 19.5. The van der Waals surface area contributed by atoms with Crippen molar-refractivity contribution in [2.24, 2.45) is 0 Å². The fraction of sp³-hybridized carbons (Fsp3) is 0.158. The second-order valence-corrected chi connectivity index (χ2v) is 6.95. The molecule has 0 spiro atoms. The molecule has 2 aromatic carbocycles. The van der Waals surface area contributed by atoms with Gasteiger partial charge >= 0.3 is 0 Å². The molecular weight excluding hydrogens is 411 g/mol. The van der Waals surface area contributed by atoms with E-state index in [1.54, 1.807) is 24.3 Å². The second-order valence-electron chi connectivity index (χ2n) is 5.70. The number of benzene rings is 2. The summed E-state index contributed by atoms with van der Waals surface area (Å²) in [7, 11) is 1.50. The molecule has 5 nitrogen and oxygen atoms in total. The number of ether oxygens (including phenoxy) is 2. The van der Waals surface area contributed by atoms with Gasteiger partial charge in [0.05, 0.1) is 22.8 Å². The zero-order valence-corrected chi connectivity index (χ0v) is 16.7. The molecule has 8 heteroatoms. The second kappa shape index (κ2) is 8.21. The Morgan fingerprint density at radius 2 is 1.89 bits per heavy atom. The summed E-state index contributed by atoms with van der Waals surface area (Å²) in [6.45, 7) is 1.57. The van der Waals surface area contributed by atoms with Crippen LogP contribution in [0.2, 0.25) is 15.1 Å². The van der Waals surface area contributed by atoms with Crippen molar-refractivity contribution in [1.82, 2.24) is 4.98 Å². The SMILES string of the molecule is COc1ccc(Cl)cc1NC(=O)COc1c(Cl)cc(Cl)c2ccc(C)nc12. The van der Waals surface area contributed by atoms with Crippen LogP contribution in [0.15, 0.2) is 36.4 Å². The zero-order valence-electron chi connectivity index (χ0n) is 14.5. The fourth-order valence-corrected chi connectivity index (χ4v) is 3.27. The van der Waals surface area contributed by atoms with E-state index in [9.17, 15) is 4.79 Å². The molecular formula is C19H15Cl3N2O3. The van der Waals surface area contributed by atoms with Gasteiger partial charge in [-0.3, -0.25) is 4.79 Å². The number of aromatic nitrogens is 1. The van der Waals surface area contributed by atoms with Crippen LogP contribution < -0.4 is 14.8 Å². The average Bonchev–Trinajstić information content (AvgIpc) is 2.61. The van der Waals surface area contributed by atoms with Crippen LogP contribution in [0.1, 0.15) is 5.69 Å². The number of aryl methyl sites for hydroxylation is 1. The normalized spacial score (nSPS) is 10.7. The molecule has 3 rings (SSSR count). The molecule has 1 amide bonds. The van der Waals surface area contributed by atoms with Crippen molar-refractivity contribution in [2.75, 3.05) is 19.0 Å². The summed E-state index contributed by atoms with van der Waals surface area (Å²) in [6.07, 6.45) is 0. The van der Waals surface area contributed by atoms with Crippen molar-refractivity contribution >= 4 is 57.3 Å². The molecule has 0 unspecified atom stereocenters. The van der Waals surface area contributed by atoms with Gasteiger partial charge < -0.3 is 14.8 Å². The van der Waals surface area contributed by atoms with E-state index >= 15 is 0 Å². The summed E-state index contributed by atoms with van der Waals surface area (Å²) in [4.78, 5) is 16.8. The van der Waals surface area contributed by atoms with Crippen molar-refractivity contribution in [3.05, 3.63) is 57.2 Å². The van der Waals surface area contributed by atoms with E-state index in [0.29, 0.717) is 38.1 Å². The minimum atomic E-state index is -0.401. The van der Waals surface area contributed by atoms with Gasteiger partial charge in [0.15, 0.2) is 12.4 Å². The summed E-state index contributed by atoms with van der Waals surface area (Å²) >= 11 is 18.4. The first-order valence-electron chi connectivity index (χ1n) is 7.90. The minimum absolute atomic E-state index is 0.276. The molecule has 0 saturated heterocycles. The Balaban J connectivity index is 1.82. The number of carbonyl (C=O) groups excluding carboxylic acids is 1. The first-order valence-corrected chi connectivity index (χ1v) is 9.04. The predicted molar refractivity (Wildman–Crippen MR) is 109 cm³/mol. The summed E-state index contributed by atoms with van der Waals surface area (Å²) in [5.41, 5.74) is 1.72. The highest BCUT2D eigenvalue weighted by molar-refractivity contribution is 6.39. The van der Waals surface area contributed by atoms with Crippen molar-refractivity contribution in [1.29, 1.82) is 0 Å². The minimum Gasteiger partial charge on any atom is -0.495 e. The van der Waals surface area contributed by atoms with Crippen LogP contribution in [0, 0.1) is 6.92 Å². The van der Waals surface area contributed by atoms with Crippen molar-refractivity contribution in [3.63, 3.8) is 0 Å². The molecule has 0 saturated carbocycles. The van der Waals surface area contributed by atoms with E-state index < -0.39 is 5.91 Å². The Morgan fingerprint density at radius 1 is 1.11 bits per heavy atom. The highest BCUT2D eigenvalue weighted by atomic mass is 35.5. The maximum absolute atomic E-state index is 12.3. The third-order valence-corrected chi connectivity index (χ3v) is 4.59. The van der Waals surface area contributed by atoms with Crippen LogP contribution in [-0.4, -0.2) is 24.6 Å². The number of carbonyl (C=O) groups is 1. The summed E-state index contributed by atoms with van der Waals surface area (Å²) in [5, 5.41) is 4.60. The topological polar surface area (TPSA) is 60.5 Å². The van der Waals surface area contributed by atoms with Crippen molar-refractivity contribution in [2.45, 2.75) is 6.92 Å². The van der Waals surface area contributed by atoms with E-state index in [1.165, 1.54) is 7.11 Å². The number of rotatable bonds is 5. The molecule has 1 N–H and O–H groups in total. The van der Waals surface area contributed by atoms with Gasteiger partial charge in [0.25, 0.3) is 5.91 Å². The van der Waals surface area contributed by atoms with Gasteiger partial charge in [-0.1, -0.05) is 34.8 Å². The van der Waals surface area contributed by atoms with Crippen LogP contribution in [0.4, 0.5) is 5.69 Å². The van der Waals surface area contributed by atoms with Gasteiger partial charge in [-0.25, -0.2) is 4.98 Å². The lowest BCUT2D eigenvalue weighted by molar-refractivity contribution is -0.118.